The lowest BCUT2D eigenvalue weighted by molar-refractivity contribution is -0.142. The molecule has 45 heavy (non-hydrogen) atoms. The summed E-state index contributed by atoms with van der Waals surface area (Å²) in [5, 5.41) is 11.5. The Kier molecular flexibility index (Phi) is 10.1. The lowest BCUT2D eigenvalue weighted by Gasteiger charge is -2.47. The van der Waals surface area contributed by atoms with Crippen molar-refractivity contribution in [2.45, 2.75) is 39.2 Å². The third kappa shape index (κ3) is 7.80. The van der Waals surface area contributed by atoms with Gasteiger partial charge in [-0.1, -0.05) is 58.6 Å². The molecule has 1 atom stereocenters. The fourth-order valence-corrected chi connectivity index (χ4v) is 6.88. The molecule has 8 nitrogen and oxygen atoms in total. The molecule has 0 radical (unpaired) electrons. The van der Waals surface area contributed by atoms with Crippen LogP contribution in [0.2, 0.25) is 15.1 Å². The molecule has 0 saturated carbocycles. The van der Waals surface area contributed by atoms with Gasteiger partial charge in [0.2, 0.25) is 5.91 Å². The summed E-state index contributed by atoms with van der Waals surface area (Å²) in [5.41, 5.74) is 1.78. The second-order valence-corrected chi connectivity index (χ2v) is 13.3. The summed E-state index contributed by atoms with van der Waals surface area (Å²) >= 11 is 18.5. The summed E-state index contributed by atoms with van der Waals surface area (Å²) in [5.74, 6) is -1.45. The molecule has 2 aliphatic rings. The van der Waals surface area contributed by atoms with Gasteiger partial charge in [0.05, 0.1) is 6.42 Å². The minimum atomic E-state index is -1.09. The average molecular weight is 671 g/mol. The van der Waals surface area contributed by atoms with Crippen LogP contribution in [-0.2, 0) is 16.1 Å². The van der Waals surface area contributed by atoms with Crippen molar-refractivity contribution in [3.05, 3.63) is 98.5 Å². The number of carbonyl (C=O) groups is 4. The van der Waals surface area contributed by atoms with Crippen LogP contribution in [0.5, 0.6) is 0 Å². The van der Waals surface area contributed by atoms with Gasteiger partial charge in [-0.2, -0.15) is 0 Å². The van der Waals surface area contributed by atoms with E-state index < -0.39 is 11.4 Å². The topological polar surface area (TPSA) is 98.2 Å². The predicted octanol–water partition coefficient (Wildman–Crippen LogP) is 7.37. The number of ketones is 1. The molecule has 0 aliphatic carbocycles. The number of likely N-dealkylation sites (tertiary alicyclic amines) is 1. The van der Waals surface area contributed by atoms with Gasteiger partial charge in [0.15, 0.2) is 5.78 Å². The molecule has 0 bridgehead atoms. The maximum absolute atomic E-state index is 13.9. The number of urea groups is 1. The van der Waals surface area contributed by atoms with Crippen LogP contribution in [0.1, 0.15) is 47.2 Å². The Morgan fingerprint density at radius 1 is 0.867 bits per heavy atom. The van der Waals surface area contributed by atoms with Crippen LogP contribution >= 0.6 is 34.8 Å². The van der Waals surface area contributed by atoms with Gasteiger partial charge >= 0.3 is 12.0 Å². The Bertz CT molecular complexity index is 1590. The van der Waals surface area contributed by atoms with Crippen LogP contribution in [0.3, 0.4) is 0 Å². The van der Waals surface area contributed by atoms with Gasteiger partial charge in [0, 0.05) is 76.8 Å². The fourth-order valence-electron chi connectivity index (χ4n) is 6.28. The number of Topliss-reactive ketones (excluding diaryl/α,β-unsaturated/α-hetero) is 1. The molecule has 2 heterocycles. The van der Waals surface area contributed by atoms with Crippen molar-refractivity contribution in [3.8, 4) is 0 Å². The number of carboxylic acids is 1. The first kappa shape index (κ1) is 32.8. The number of piperidine rings is 1. The SMILES string of the molecule is Cc1ccc(N2CC(CC(=O)O)(CC(=O)N3CCC(C(=O)c4ccc(Cl)cc4)CC3)CN(Cc3ccc(Cl)cc3Cl)C2=O)cc1. The standard InChI is InChI=1S/C34H34Cl3N3O5/c1-22-2-10-28(11-3-22)40-21-34(18-31(42)43,20-39(33(40)45)19-25-6-9-27(36)16-29(25)37)17-30(41)38-14-12-24(13-15-38)32(44)23-4-7-26(35)8-5-23/h2-11,16,24H,12-15,17-21H2,1H3,(H,42,43). The minimum Gasteiger partial charge on any atom is -0.481 e. The van der Waals surface area contributed by atoms with Crippen LogP contribution in [0.4, 0.5) is 10.5 Å². The van der Waals surface area contributed by atoms with Crippen molar-refractivity contribution in [3.63, 3.8) is 0 Å². The minimum absolute atomic E-state index is 0.0251. The number of carbonyl (C=O) groups excluding carboxylic acids is 3. The fraction of sp³-hybridized carbons (Fsp3) is 0.353. The highest BCUT2D eigenvalue weighted by molar-refractivity contribution is 6.35. The highest BCUT2D eigenvalue weighted by Gasteiger charge is 2.47. The van der Waals surface area contributed by atoms with Crippen LogP contribution in [0, 0.1) is 18.3 Å². The van der Waals surface area contributed by atoms with Gasteiger partial charge in [0.1, 0.15) is 0 Å². The van der Waals surface area contributed by atoms with Crippen LogP contribution in [0.15, 0.2) is 66.7 Å². The number of halogens is 3. The lowest BCUT2D eigenvalue weighted by Crippen LogP contribution is -2.60. The Morgan fingerprint density at radius 2 is 1.51 bits per heavy atom. The number of aryl methyl sites for hydroxylation is 1. The highest BCUT2D eigenvalue weighted by atomic mass is 35.5. The number of rotatable bonds is 9. The molecule has 5 rings (SSSR count). The number of benzene rings is 3. The van der Waals surface area contributed by atoms with E-state index in [0.29, 0.717) is 57.8 Å². The van der Waals surface area contributed by atoms with E-state index in [1.807, 2.05) is 31.2 Å². The van der Waals surface area contributed by atoms with Crippen molar-refractivity contribution in [1.82, 2.24) is 9.80 Å². The van der Waals surface area contributed by atoms with E-state index in [2.05, 4.69) is 0 Å². The van der Waals surface area contributed by atoms with Crippen LogP contribution in [0.25, 0.3) is 0 Å². The quantitative estimate of drug-likeness (QED) is 0.240. The molecule has 11 heteroatoms. The van der Waals surface area contributed by atoms with E-state index >= 15 is 0 Å². The maximum Gasteiger partial charge on any atom is 0.324 e. The molecule has 1 N–H and O–H groups in total. The number of hydrogen-bond acceptors (Lipinski definition) is 4. The molecule has 236 valence electrons. The number of amides is 3. The van der Waals surface area contributed by atoms with E-state index in [1.54, 1.807) is 57.2 Å². The lowest BCUT2D eigenvalue weighted by atomic mass is 9.77. The zero-order valence-electron chi connectivity index (χ0n) is 24.8. The maximum atomic E-state index is 13.9. The Hall–Kier alpha value is -3.59. The molecule has 3 amide bonds. The van der Waals surface area contributed by atoms with E-state index in [9.17, 15) is 24.3 Å². The molecule has 3 aromatic rings. The van der Waals surface area contributed by atoms with E-state index in [-0.39, 0.29) is 56.1 Å². The summed E-state index contributed by atoms with van der Waals surface area (Å²) in [7, 11) is 0. The number of hydrogen-bond donors (Lipinski definition) is 1. The normalized spacial score (nSPS) is 19.1. The zero-order chi connectivity index (χ0) is 32.3. The van der Waals surface area contributed by atoms with Gasteiger partial charge in [-0.3, -0.25) is 19.3 Å². The molecule has 0 spiro atoms. The zero-order valence-corrected chi connectivity index (χ0v) is 27.1. The highest BCUT2D eigenvalue weighted by Crippen LogP contribution is 2.38. The van der Waals surface area contributed by atoms with Gasteiger partial charge in [0.25, 0.3) is 0 Å². The summed E-state index contributed by atoms with van der Waals surface area (Å²) in [6.45, 7) is 2.94. The Morgan fingerprint density at radius 3 is 2.13 bits per heavy atom. The van der Waals surface area contributed by atoms with Crippen LogP contribution < -0.4 is 4.90 Å². The summed E-state index contributed by atoms with van der Waals surface area (Å²) in [4.78, 5) is 57.9. The largest absolute Gasteiger partial charge is 0.481 e. The van der Waals surface area contributed by atoms with E-state index in [0.717, 1.165) is 5.56 Å². The van der Waals surface area contributed by atoms with Crippen molar-refractivity contribution in [2.24, 2.45) is 11.3 Å². The second-order valence-electron chi connectivity index (χ2n) is 12.1. The average Bonchev–Trinajstić information content (AvgIpc) is 3.00. The second kappa shape index (κ2) is 13.8. The third-order valence-corrected chi connectivity index (χ3v) is 9.48. The first-order valence-electron chi connectivity index (χ1n) is 14.8. The third-order valence-electron chi connectivity index (χ3n) is 8.64. The van der Waals surface area contributed by atoms with Gasteiger partial charge < -0.3 is 14.9 Å². The number of aliphatic carboxylic acids is 1. The van der Waals surface area contributed by atoms with Crippen LogP contribution in [-0.4, -0.2) is 64.8 Å². The van der Waals surface area contributed by atoms with Gasteiger partial charge in [-0.15, -0.1) is 0 Å². The molecular formula is C34H34Cl3N3O5. The first-order chi connectivity index (χ1) is 21.4. The number of carboxylic acid groups (broad SMARTS) is 1. The molecule has 2 fully saturated rings. The molecule has 1 unspecified atom stereocenters. The molecule has 2 saturated heterocycles. The molecular weight excluding hydrogens is 637 g/mol. The molecule has 2 aliphatic heterocycles. The summed E-state index contributed by atoms with van der Waals surface area (Å²) < 4.78 is 0. The van der Waals surface area contributed by atoms with Crippen molar-refractivity contribution >= 4 is 64.2 Å². The molecule has 3 aromatic carbocycles. The summed E-state index contributed by atoms with van der Waals surface area (Å²) in [6, 6.07) is 18.9. The Balaban J connectivity index is 1.38. The number of nitrogens with zero attached hydrogens (tertiary/aromatic N) is 3. The van der Waals surface area contributed by atoms with Gasteiger partial charge in [-0.25, -0.2) is 4.79 Å². The first-order valence-corrected chi connectivity index (χ1v) is 15.9. The Labute approximate surface area is 277 Å². The number of anilines is 1. The predicted molar refractivity (Wildman–Crippen MR) is 175 cm³/mol. The molecule has 0 aromatic heterocycles. The van der Waals surface area contributed by atoms with Crippen molar-refractivity contribution in [2.75, 3.05) is 31.1 Å². The smallest absolute Gasteiger partial charge is 0.324 e. The van der Waals surface area contributed by atoms with Crippen molar-refractivity contribution < 1.29 is 24.3 Å². The van der Waals surface area contributed by atoms with E-state index in [4.69, 9.17) is 34.8 Å². The summed E-state index contributed by atoms with van der Waals surface area (Å²) in [6.07, 6.45) is 0.628. The monoisotopic (exact) mass is 669 g/mol. The van der Waals surface area contributed by atoms with E-state index in [1.165, 1.54) is 0 Å². The van der Waals surface area contributed by atoms with Gasteiger partial charge in [-0.05, 0) is 73.9 Å². The van der Waals surface area contributed by atoms with Crippen molar-refractivity contribution in [1.29, 1.82) is 0 Å².